The molecule has 0 radical (unpaired) electrons. The van der Waals surface area contributed by atoms with Crippen molar-refractivity contribution < 1.29 is 19.5 Å². The molecule has 5 N–H and O–H groups in total. The van der Waals surface area contributed by atoms with E-state index in [9.17, 15) is 14.4 Å². The summed E-state index contributed by atoms with van der Waals surface area (Å²) < 4.78 is 0. The number of carboxylic acids is 1. The Morgan fingerprint density at radius 1 is 1.24 bits per heavy atom. The Balaban J connectivity index is 4.08. The van der Waals surface area contributed by atoms with Gasteiger partial charge in [0.15, 0.2) is 0 Å². The predicted molar refractivity (Wildman–Crippen MR) is 78.8 cm³/mol. The van der Waals surface area contributed by atoms with Crippen LogP contribution in [0, 0.1) is 0 Å². The van der Waals surface area contributed by atoms with Crippen LogP contribution in [0.15, 0.2) is 0 Å². The molecule has 0 aromatic carbocycles. The summed E-state index contributed by atoms with van der Waals surface area (Å²) >= 11 is 0. The van der Waals surface area contributed by atoms with Crippen molar-refractivity contribution in [3.8, 4) is 0 Å². The summed E-state index contributed by atoms with van der Waals surface area (Å²) in [5, 5.41) is 13.9. The van der Waals surface area contributed by atoms with Gasteiger partial charge in [-0.05, 0) is 25.9 Å². The van der Waals surface area contributed by atoms with Crippen molar-refractivity contribution in [2.24, 2.45) is 5.73 Å². The first-order valence-corrected chi connectivity index (χ1v) is 7.18. The number of carbonyl (C=O) groups excluding carboxylic acids is 2. The minimum atomic E-state index is -1.19. The fourth-order valence-corrected chi connectivity index (χ4v) is 1.83. The highest BCUT2D eigenvalue weighted by atomic mass is 16.4. The van der Waals surface area contributed by atoms with E-state index in [0.717, 1.165) is 19.5 Å². The van der Waals surface area contributed by atoms with E-state index >= 15 is 0 Å². The smallest absolute Gasteiger partial charge is 0.326 e. The zero-order valence-electron chi connectivity index (χ0n) is 12.7. The Labute approximate surface area is 125 Å². The molecule has 0 aliphatic heterocycles. The van der Waals surface area contributed by atoms with Crippen LogP contribution in [0.25, 0.3) is 0 Å². The number of urea groups is 1. The molecule has 0 bridgehead atoms. The normalized spacial score (nSPS) is 12.0. The summed E-state index contributed by atoms with van der Waals surface area (Å²) in [5.41, 5.74) is 4.96. The first-order chi connectivity index (χ1) is 9.90. The van der Waals surface area contributed by atoms with Gasteiger partial charge in [0.2, 0.25) is 5.91 Å². The zero-order chi connectivity index (χ0) is 16.3. The number of hydrogen-bond donors (Lipinski definition) is 4. The largest absolute Gasteiger partial charge is 0.480 e. The summed E-state index contributed by atoms with van der Waals surface area (Å²) in [5.74, 6) is -1.78. The molecular formula is C13H26N4O4. The van der Waals surface area contributed by atoms with E-state index < -0.39 is 23.9 Å². The molecule has 0 saturated carbocycles. The van der Waals surface area contributed by atoms with Crippen LogP contribution < -0.4 is 16.4 Å². The Morgan fingerprint density at radius 3 is 2.38 bits per heavy atom. The van der Waals surface area contributed by atoms with E-state index in [-0.39, 0.29) is 12.8 Å². The minimum absolute atomic E-state index is 0.0188. The van der Waals surface area contributed by atoms with E-state index in [1.807, 2.05) is 6.92 Å². The lowest BCUT2D eigenvalue weighted by atomic mass is 10.1. The third kappa shape index (κ3) is 9.67. The lowest BCUT2D eigenvalue weighted by molar-refractivity contribution is -0.139. The van der Waals surface area contributed by atoms with E-state index in [0.29, 0.717) is 13.1 Å². The molecule has 0 saturated heterocycles. The van der Waals surface area contributed by atoms with E-state index in [1.165, 1.54) is 0 Å². The van der Waals surface area contributed by atoms with Gasteiger partial charge in [-0.15, -0.1) is 0 Å². The molecule has 0 aliphatic rings. The average Bonchev–Trinajstić information content (AvgIpc) is 2.41. The number of rotatable bonds is 11. The average molecular weight is 302 g/mol. The molecule has 8 heteroatoms. The van der Waals surface area contributed by atoms with Gasteiger partial charge in [-0.25, -0.2) is 9.59 Å². The van der Waals surface area contributed by atoms with Crippen LogP contribution in [0.3, 0.4) is 0 Å². The number of hydrogen-bond acceptors (Lipinski definition) is 4. The third-order valence-electron chi connectivity index (χ3n) is 2.98. The van der Waals surface area contributed by atoms with Crippen molar-refractivity contribution in [3.63, 3.8) is 0 Å². The molecule has 0 aromatic rings. The molecular weight excluding hydrogens is 276 g/mol. The number of carboxylic acid groups (broad SMARTS) is 1. The highest BCUT2D eigenvalue weighted by Gasteiger charge is 2.20. The number of nitrogens with one attached hydrogen (secondary N) is 2. The maximum absolute atomic E-state index is 11.6. The maximum Gasteiger partial charge on any atom is 0.326 e. The first kappa shape index (κ1) is 19.2. The van der Waals surface area contributed by atoms with Crippen molar-refractivity contribution in [1.29, 1.82) is 0 Å². The second-order valence-corrected chi connectivity index (χ2v) is 4.73. The van der Waals surface area contributed by atoms with Crippen molar-refractivity contribution in [1.82, 2.24) is 15.5 Å². The van der Waals surface area contributed by atoms with Gasteiger partial charge in [0.1, 0.15) is 6.04 Å². The van der Waals surface area contributed by atoms with Gasteiger partial charge in [-0.2, -0.15) is 0 Å². The van der Waals surface area contributed by atoms with Crippen LogP contribution >= 0.6 is 0 Å². The number of primary amides is 1. The zero-order valence-corrected chi connectivity index (χ0v) is 12.7. The fourth-order valence-electron chi connectivity index (χ4n) is 1.83. The second-order valence-electron chi connectivity index (χ2n) is 4.73. The van der Waals surface area contributed by atoms with E-state index in [1.54, 1.807) is 0 Å². The number of amides is 3. The lowest BCUT2D eigenvalue weighted by Crippen LogP contribution is -2.47. The Morgan fingerprint density at radius 2 is 1.90 bits per heavy atom. The van der Waals surface area contributed by atoms with Crippen LogP contribution in [-0.4, -0.2) is 60.1 Å². The molecule has 3 amide bonds. The summed E-state index contributed by atoms with van der Waals surface area (Å²) in [6.45, 7) is 7.11. The molecule has 8 nitrogen and oxygen atoms in total. The molecule has 0 heterocycles. The highest BCUT2D eigenvalue weighted by Crippen LogP contribution is 1.97. The molecule has 122 valence electrons. The molecule has 21 heavy (non-hydrogen) atoms. The Kier molecular flexibility index (Phi) is 9.95. The summed E-state index contributed by atoms with van der Waals surface area (Å²) in [7, 11) is 0. The number of carbonyl (C=O) groups is 3. The van der Waals surface area contributed by atoms with Crippen LogP contribution in [0.1, 0.15) is 33.1 Å². The molecule has 0 fully saturated rings. The van der Waals surface area contributed by atoms with E-state index in [2.05, 4.69) is 22.5 Å². The van der Waals surface area contributed by atoms with Gasteiger partial charge in [-0.1, -0.05) is 13.8 Å². The maximum atomic E-state index is 11.6. The lowest BCUT2D eigenvalue weighted by Gasteiger charge is -2.20. The van der Waals surface area contributed by atoms with Crippen molar-refractivity contribution in [2.45, 2.75) is 39.2 Å². The molecule has 0 rings (SSSR count). The van der Waals surface area contributed by atoms with Gasteiger partial charge < -0.3 is 26.4 Å². The van der Waals surface area contributed by atoms with Gasteiger partial charge in [0.05, 0.1) is 0 Å². The highest BCUT2D eigenvalue weighted by molar-refractivity contribution is 5.83. The van der Waals surface area contributed by atoms with E-state index in [4.69, 9.17) is 10.8 Å². The predicted octanol–water partition coefficient (Wildman–Crippen LogP) is -0.264. The Bertz CT molecular complexity index is 349. The summed E-state index contributed by atoms with van der Waals surface area (Å²) in [4.78, 5) is 35.4. The van der Waals surface area contributed by atoms with Crippen LogP contribution in [-0.2, 0) is 9.59 Å². The number of nitrogens with zero attached hydrogens (tertiary/aromatic N) is 1. The SMILES string of the molecule is CCCN(CC)CCNC(=O)N[C@H](CCC(N)=O)C(=O)O. The fraction of sp³-hybridized carbons (Fsp3) is 0.769. The molecule has 0 spiro atoms. The topological polar surface area (TPSA) is 125 Å². The molecule has 0 unspecified atom stereocenters. The van der Waals surface area contributed by atoms with Crippen LogP contribution in [0.4, 0.5) is 4.79 Å². The van der Waals surface area contributed by atoms with Crippen molar-refractivity contribution in [2.75, 3.05) is 26.2 Å². The third-order valence-corrected chi connectivity index (χ3v) is 2.98. The minimum Gasteiger partial charge on any atom is -0.480 e. The van der Waals surface area contributed by atoms with Crippen LogP contribution in [0.2, 0.25) is 0 Å². The van der Waals surface area contributed by atoms with Crippen LogP contribution in [0.5, 0.6) is 0 Å². The molecule has 0 aliphatic carbocycles. The molecule has 1 atom stereocenters. The van der Waals surface area contributed by atoms with Gasteiger partial charge in [0.25, 0.3) is 0 Å². The van der Waals surface area contributed by atoms with Gasteiger partial charge in [-0.3, -0.25) is 4.79 Å². The van der Waals surface area contributed by atoms with Crippen molar-refractivity contribution >= 4 is 17.9 Å². The Hall–Kier alpha value is -1.83. The summed E-state index contributed by atoms with van der Waals surface area (Å²) in [6.07, 6.45) is 0.931. The number of nitrogens with two attached hydrogens (primary N) is 1. The quantitative estimate of drug-likeness (QED) is 0.418. The summed E-state index contributed by atoms with van der Waals surface area (Å²) in [6, 6.07) is -1.67. The van der Waals surface area contributed by atoms with Gasteiger partial charge in [0, 0.05) is 19.5 Å². The van der Waals surface area contributed by atoms with Crippen molar-refractivity contribution in [3.05, 3.63) is 0 Å². The molecule has 0 aromatic heterocycles. The second kappa shape index (κ2) is 10.9. The number of likely N-dealkylation sites (N-methyl/N-ethyl adjacent to an activating group) is 1. The monoisotopic (exact) mass is 302 g/mol. The van der Waals surface area contributed by atoms with Gasteiger partial charge >= 0.3 is 12.0 Å². The standard InChI is InChI=1S/C13H26N4O4/c1-3-8-17(4-2)9-7-15-13(21)16-10(12(19)20)5-6-11(14)18/h10H,3-9H2,1-2H3,(H2,14,18)(H,19,20)(H2,15,16,21)/t10-/m1/s1. The number of aliphatic carboxylic acids is 1. The first-order valence-electron chi connectivity index (χ1n) is 7.18.